The lowest BCUT2D eigenvalue weighted by Gasteiger charge is -1.95. The molecule has 0 aliphatic rings. The molecule has 0 bridgehead atoms. The molecule has 1 heterocycles. The summed E-state index contributed by atoms with van der Waals surface area (Å²) >= 11 is 0.635. The van der Waals surface area contributed by atoms with Crippen molar-refractivity contribution in [3.8, 4) is 0 Å². The van der Waals surface area contributed by atoms with Gasteiger partial charge in [0.1, 0.15) is 0 Å². The third kappa shape index (κ3) is 1.98. The molecule has 0 atom stereocenters. The maximum absolute atomic E-state index is 11.0. The van der Waals surface area contributed by atoms with Gasteiger partial charge < -0.3 is 10.0 Å². The Bertz CT molecular complexity index is 388. The molecule has 0 saturated carbocycles. The third-order valence-corrected chi connectivity index (χ3v) is 2.73. The number of Topliss-reactive ketones (excluding diaryl/α,β-unsaturated/α-hetero) is 1. The van der Waals surface area contributed by atoms with Gasteiger partial charge in [0.2, 0.25) is 0 Å². The lowest BCUT2D eigenvalue weighted by atomic mass is 9.80. The number of ketones is 1. The van der Waals surface area contributed by atoms with E-state index in [2.05, 4.69) is 0 Å². The second kappa shape index (κ2) is 3.87. The fourth-order valence-electron chi connectivity index (χ4n) is 0.948. The summed E-state index contributed by atoms with van der Waals surface area (Å²) in [7, 11) is -1.86. The molecule has 0 aliphatic carbocycles. The Labute approximate surface area is 83.1 Å². The maximum Gasteiger partial charge on any atom is 0.490 e. The van der Waals surface area contributed by atoms with Crippen LogP contribution in [0.2, 0.25) is 0 Å². The van der Waals surface area contributed by atoms with E-state index in [1.165, 1.54) is 6.92 Å². The molecule has 0 saturated heterocycles. The van der Waals surface area contributed by atoms with Gasteiger partial charge in [0.15, 0.2) is 5.78 Å². The summed E-state index contributed by atoms with van der Waals surface area (Å²) in [5, 5.41) is 27.7. The fraction of sp³-hybridized carbons (Fsp3) is 0.167. The minimum Gasteiger partial charge on any atom is -0.423 e. The van der Waals surface area contributed by atoms with E-state index in [0.29, 0.717) is 11.3 Å². The van der Waals surface area contributed by atoms with Crippen LogP contribution in [0.1, 0.15) is 16.6 Å². The van der Waals surface area contributed by atoms with Crippen molar-refractivity contribution >= 4 is 34.7 Å². The SMILES string of the molecule is CC(=O)c1sc([N+](=O)[O-])cc1B(O)O. The van der Waals surface area contributed by atoms with Crippen LogP contribution in [0.3, 0.4) is 0 Å². The number of hydrogen-bond acceptors (Lipinski definition) is 6. The van der Waals surface area contributed by atoms with Crippen LogP contribution in [0.5, 0.6) is 0 Å². The van der Waals surface area contributed by atoms with Gasteiger partial charge in [-0.05, 0) is 6.92 Å². The van der Waals surface area contributed by atoms with Crippen molar-refractivity contribution in [1.29, 1.82) is 0 Å². The van der Waals surface area contributed by atoms with Gasteiger partial charge in [0, 0.05) is 11.5 Å². The van der Waals surface area contributed by atoms with E-state index in [1.807, 2.05) is 0 Å². The van der Waals surface area contributed by atoms with Gasteiger partial charge in [-0.2, -0.15) is 0 Å². The van der Waals surface area contributed by atoms with Crippen LogP contribution in [0.15, 0.2) is 6.07 Å². The minimum atomic E-state index is -1.86. The van der Waals surface area contributed by atoms with E-state index in [4.69, 9.17) is 10.0 Å². The molecule has 0 spiro atoms. The quantitative estimate of drug-likeness (QED) is 0.307. The third-order valence-electron chi connectivity index (χ3n) is 1.53. The molecule has 74 valence electrons. The standard InChI is InChI=1S/C6H6BNO5S/c1-3(9)6-4(7(10)11)2-5(14-6)8(12)13/h2,10-11H,1H3. The summed E-state index contributed by atoms with van der Waals surface area (Å²) in [6.45, 7) is 1.21. The van der Waals surface area contributed by atoms with Gasteiger partial charge in [-0.1, -0.05) is 11.3 Å². The second-order valence-corrected chi connectivity index (χ2v) is 3.59. The Kier molecular flexibility index (Phi) is 2.99. The molecule has 0 unspecified atom stereocenters. The van der Waals surface area contributed by atoms with Crippen LogP contribution in [-0.4, -0.2) is 27.9 Å². The molecule has 14 heavy (non-hydrogen) atoms. The first-order chi connectivity index (χ1) is 6.43. The summed E-state index contributed by atoms with van der Waals surface area (Å²) in [6, 6.07) is 0.992. The van der Waals surface area contributed by atoms with Gasteiger partial charge >= 0.3 is 12.1 Å². The van der Waals surface area contributed by atoms with E-state index in [1.54, 1.807) is 0 Å². The molecular weight excluding hydrogens is 209 g/mol. The summed E-state index contributed by atoms with van der Waals surface area (Å²) in [4.78, 5) is 20.7. The lowest BCUT2D eigenvalue weighted by Crippen LogP contribution is -2.32. The summed E-state index contributed by atoms with van der Waals surface area (Å²) in [6.07, 6.45) is 0. The molecule has 0 aliphatic heterocycles. The molecule has 0 radical (unpaired) electrons. The highest BCUT2D eigenvalue weighted by Gasteiger charge is 2.26. The van der Waals surface area contributed by atoms with Crippen LogP contribution in [-0.2, 0) is 0 Å². The summed E-state index contributed by atoms with van der Waals surface area (Å²) in [5.41, 5.74) is -0.116. The fourth-order valence-corrected chi connectivity index (χ4v) is 1.84. The number of hydrogen-bond donors (Lipinski definition) is 2. The Morgan fingerprint density at radius 1 is 1.64 bits per heavy atom. The Morgan fingerprint density at radius 2 is 2.21 bits per heavy atom. The van der Waals surface area contributed by atoms with Crippen LogP contribution in [0, 0.1) is 10.1 Å². The first-order valence-corrected chi connectivity index (χ1v) is 4.40. The molecule has 2 N–H and O–H groups in total. The van der Waals surface area contributed by atoms with Crippen molar-refractivity contribution in [3.63, 3.8) is 0 Å². The van der Waals surface area contributed by atoms with Crippen LogP contribution < -0.4 is 5.46 Å². The average Bonchev–Trinajstić information content (AvgIpc) is 2.47. The molecule has 1 rings (SSSR count). The normalized spacial score (nSPS) is 9.93. The molecule has 0 amide bonds. The molecule has 0 aromatic carbocycles. The highest BCUT2D eigenvalue weighted by Crippen LogP contribution is 2.22. The predicted molar refractivity (Wildman–Crippen MR) is 50.8 cm³/mol. The van der Waals surface area contributed by atoms with Crippen LogP contribution in [0.4, 0.5) is 5.00 Å². The Balaban J connectivity index is 3.26. The van der Waals surface area contributed by atoms with Crippen molar-refractivity contribution in [2.75, 3.05) is 0 Å². The first-order valence-electron chi connectivity index (χ1n) is 3.58. The highest BCUT2D eigenvalue weighted by molar-refractivity contribution is 7.18. The van der Waals surface area contributed by atoms with Crippen LogP contribution >= 0.6 is 11.3 Å². The summed E-state index contributed by atoms with van der Waals surface area (Å²) < 4.78 is 0. The van der Waals surface area contributed by atoms with Gasteiger partial charge in [0.05, 0.1) is 9.80 Å². The second-order valence-electron chi connectivity index (χ2n) is 2.56. The number of carbonyl (C=O) groups is 1. The molecular formula is C6H6BNO5S. The monoisotopic (exact) mass is 215 g/mol. The van der Waals surface area contributed by atoms with Gasteiger partial charge in [-0.25, -0.2) is 0 Å². The Morgan fingerprint density at radius 3 is 2.50 bits per heavy atom. The Hall–Kier alpha value is -1.25. The zero-order valence-electron chi connectivity index (χ0n) is 7.13. The number of rotatable bonds is 3. The minimum absolute atomic E-state index is 0.00620. The number of thiophene rings is 1. The van der Waals surface area contributed by atoms with E-state index >= 15 is 0 Å². The first kappa shape index (κ1) is 10.8. The van der Waals surface area contributed by atoms with Gasteiger partial charge in [-0.3, -0.25) is 14.9 Å². The molecule has 8 heteroatoms. The highest BCUT2D eigenvalue weighted by atomic mass is 32.1. The van der Waals surface area contributed by atoms with Crippen molar-refractivity contribution in [2.24, 2.45) is 0 Å². The smallest absolute Gasteiger partial charge is 0.423 e. The zero-order chi connectivity index (χ0) is 10.9. The van der Waals surface area contributed by atoms with Crippen LogP contribution in [0.25, 0.3) is 0 Å². The predicted octanol–water partition coefficient (Wildman–Crippen LogP) is -0.461. The van der Waals surface area contributed by atoms with Crippen molar-refractivity contribution in [1.82, 2.24) is 0 Å². The number of nitro groups is 1. The van der Waals surface area contributed by atoms with Crippen molar-refractivity contribution in [2.45, 2.75) is 6.92 Å². The van der Waals surface area contributed by atoms with E-state index in [9.17, 15) is 14.9 Å². The van der Waals surface area contributed by atoms with Crippen molar-refractivity contribution in [3.05, 3.63) is 21.1 Å². The molecule has 0 fully saturated rings. The zero-order valence-corrected chi connectivity index (χ0v) is 7.95. The largest absolute Gasteiger partial charge is 0.490 e. The lowest BCUT2D eigenvalue weighted by molar-refractivity contribution is -0.380. The number of nitrogens with zero attached hydrogens (tertiary/aromatic N) is 1. The van der Waals surface area contributed by atoms with E-state index in [0.717, 1.165) is 6.07 Å². The molecule has 1 aromatic heterocycles. The number of carbonyl (C=O) groups excluding carboxylic acids is 1. The van der Waals surface area contributed by atoms with E-state index < -0.39 is 17.8 Å². The van der Waals surface area contributed by atoms with E-state index in [-0.39, 0.29) is 15.3 Å². The van der Waals surface area contributed by atoms with Crippen molar-refractivity contribution < 1.29 is 19.8 Å². The maximum atomic E-state index is 11.0. The molecule has 6 nitrogen and oxygen atoms in total. The van der Waals surface area contributed by atoms with Gasteiger partial charge in [-0.15, -0.1) is 0 Å². The molecule has 1 aromatic rings. The summed E-state index contributed by atoms with van der Waals surface area (Å²) in [5.74, 6) is -0.425. The average molecular weight is 215 g/mol. The van der Waals surface area contributed by atoms with Gasteiger partial charge in [0.25, 0.3) is 0 Å². The topological polar surface area (TPSA) is 101 Å².